The average molecular weight is 622 g/mol. The third-order valence-electron chi connectivity index (χ3n) is 6.73. The van der Waals surface area contributed by atoms with Gasteiger partial charge in [-0.15, -0.1) is 0 Å². The van der Waals surface area contributed by atoms with Gasteiger partial charge < -0.3 is 8.98 Å². The fourth-order valence-electron chi connectivity index (χ4n) is 5.16. The van der Waals surface area contributed by atoms with Gasteiger partial charge in [0.2, 0.25) is 0 Å². The molecule has 8 heteroatoms. The van der Waals surface area contributed by atoms with E-state index in [2.05, 4.69) is 65.3 Å². The molecule has 5 nitrogen and oxygen atoms in total. The van der Waals surface area contributed by atoms with E-state index in [0.29, 0.717) is 0 Å². The molecule has 0 aliphatic carbocycles. The molecule has 1 unspecified atom stereocenters. The van der Waals surface area contributed by atoms with Gasteiger partial charge in [-0.2, -0.15) is 5.10 Å². The molecule has 1 aliphatic heterocycles. The lowest BCUT2D eigenvalue weighted by atomic mass is 10.2. The molecule has 4 heterocycles. The zero-order chi connectivity index (χ0) is 25.2. The van der Waals surface area contributed by atoms with Crippen molar-refractivity contribution in [1.82, 2.24) is 14.3 Å². The Kier molecular flexibility index (Phi) is 5.70. The molecule has 180 valence electrons. The van der Waals surface area contributed by atoms with Crippen LogP contribution in [0, 0.1) is 31.3 Å². The highest BCUT2D eigenvalue weighted by Gasteiger charge is 2.41. The number of rotatable bonds is 3. The van der Waals surface area contributed by atoms with Gasteiger partial charge in [-0.1, -0.05) is 30.0 Å². The molecule has 36 heavy (non-hydrogen) atoms. The summed E-state index contributed by atoms with van der Waals surface area (Å²) in [5.41, 5.74) is 7.08. The van der Waals surface area contributed by atoms with Gasteiger partial charge in [-0.3, -0.25) is 0 Å². The standard InChI is InChI=1S/C28H24IN4OPS/c1-17-10-15-25(34-17)35(36)26-18(2)31-33(23-8-6-5-7-9-23)28(26)30-16-24-19(3)32(20(4)27(24)35)22-13-11-21(29)12-14-22/h5-16H,1-4H3. The molecule has 0 N–H and O–H groups in total. The fourth-order valence-corrected chi connectivity index (χ4v) is 10.4. The second-order valence-electron chi connectivity index (χ2n) is 9.00. The van der Waals surface area contributed by atoms with E-state index in [0.717, 1.165) is 61.7 Å². The minimum absolute atomic E-state index is 0.784. The van der Waals surface area contributed by atoms with Crippen molar-refractivity contribution in [1.29, 1.82) is 0 Å². The number of hydrogen-bond acceptors (Lipinski definition) is 4. The highest BCUT2D eigenvalue weighted by atomic mass is 127. The van der Waals surface area contributed by atoms with E-state index < -0.39 is 6.04 Å². The summed E-state index contributed by atoms with van der Waals surface area (Å²) in [4.78, 5) is 5.06. The Morgan fingerprint density at radius 2 is 1.56 bits per heavy atom. The van der Waals surface area contributed by atoms with Crippen LogP contribution in [0.1, 0.15) is 28.4 Å². The Morgan fingerprint density at radius 1 is 0.833 bits per heavy atom. The van der Waals surface area contributed by atoms with Crippen molar-refractivity contribution < 1.29 is 4.42 Å². The SMILES string of the molecule is Cc1ccc(P2(=S)c3c(C)nn(-c4ccccc4)c3N=Cc3c2c(C)n(-c2ccc(I)cc2)c3C)o1. The minimum Gasteiger partial charge on any atom is -0.460 e. The third kappa shape index (κ3) is 3.44. The summed E-state index contributed by atoms with van der Waals surface area (Å²) in [6.45, 7) is 8.32. The van der Waals surface area contributed by atoms with E-state index in [-0.39, 0.29) is 0 Å². The molecule has 0 bridgehead atoms. The Morgan fingerprint density at radius 3 is 2.22 bits per heavy atom. The molecular formula is C28H24IN4OPS. The van der Waals surface area contributed by atoms with Gasteiger partial charge in [0.05, 0.1) is 22.7 Å². The molecule has 0 spiro atoms. The monoisotopic (exact) mass is 622 g/mol. The lowest BCUT2D eigenvalue weighted by Crippen LogP contribution is -2.27. The maximum Gasteiger partial charge on any atom is 0.165 e. The van der Waals surface area contributed by atoms with Crippen molar-refractivity contribution in [2.24, 2.45) is 4.99 Å². The van der Waals surface area contributed by atoms with Crippen LogP contribution in [0.5, 0.6) is 0 Å². The highest BCUT2D eigenvalue weighted by molar-refractivity contribution is 14.1. The van der Waals surface area contributed by atoms with Crippen molar-refractivity contribution in [2.75, 3.05) is 0 Å². The largest absolute Gasteiger partial charge is 0.460 e. The van der Waals surface area contributed by atoms with Crippen LogP contribution in [0.25, 0.3) is 11.4 Å². The first-order valence-corrected chi connectivity index (χ1v) is 15.5. The number of fused-ring (bicyclic) bond motifs is 2. The van der Waals surface area contributed by atoms with Crippen molar-refractivity contribution in [3.8, 4) is 11.4 Å². The lowest BCUT2D eigenvalue weighted by Gasteiger charge is -2.21. The van der Waals surface area contributed by atoms with E-state index in [1.807, 2.05) is 67.2 Å². The van der Waals surface area contributed by atoms with Gasteiger partial charge in [-0.05, 0) is 98.8 Å². The van der Waals surface area contributed by atoms with E-state index in [9.17, 15) is 0 Å². The molecule has 5 aromatic rings. The van der Waals surface area contributed by atoms with Gasteiger partial charge in [0.1, 0.15) is 11.3 Å². The molecule has 0 radical (unpaired) electrons. The number of halogens is 1. The zero-order valence-corrected chi connectivity index (χ0v) is 24.2. The van der Waals surface area contributed by atoms with Crippen LogP contribution >= 0.6 is 28.6 Å². The molecule has 1 atom stereocenters. The second-order valence-corrected chi connectivity index (χ2v) is 14.4. The predicted octanol–water partition coefficient (Wildman–Crippen LogP) is 5.91. The van der Waals surface area contributed by atoms with Crippen LogP contribution in [0.15, 0.2) is 76.1 Å². The topological polar surface area (TPSA) is 48.2 Å². The Hall–Kier alpha value is -2.74. The number of aryl methyl sites for hydroxylation is 2. The normalized spacial score (nSPS) is 16.6. The van der Waals surface area contributed by atoms with Crippen LogP contribution in [-0.2, 0) is 11.8 Å². The smallest absolute Gasteiger partial charge is 0.165 e. The summed E-state index contributed by atoms with van der Waals surface area (Å²) in [6, 6.07) is 20.1. The summed E-state index contributed by atoms with van der Waals surface area (Å²) in [6.07, 6.45) is 1.98. The Bertz CT molecular complexity index is 1710. The van der Waals surface area contributed by atoms with Crippen LogP contribution in [0.3, 0.4) is 0 Å². The maximum atomic E-state index is 6.78. The number of nitrogens with zero attached hydrogens (tertiary/aromatic N) is 4. The van der Waals surface area contributed by atoms with E-state index in [1.54, 1.807) is 0 Å². The zero-order valence-electron chi connectivity index (χ0n) is 20.4. The first-order valence-electron chi connectivity index (χ1n) is 11.7. The van der Waals surface area contributed by atoms with Gasteiger partial charge in [0, 0.05) is 37.7 Å². The van der Waals surface area contributed by atoms with Crippen molar-refractivity contribution >= 4 is 68.6 Å². The van der Waals surface area contributed by atoms with Crippen LogP contribution in [0.4, 0.5) is 5.82 Å². The van der Waals surface area contributed by atoms with Crippen molar-refractivity contribution in [2.45, 2.75) is 27.7 Å². The van der Waals surface area contributed by atoms with Crippen LogP contribution in [-0.4, -0.2) is 20.6 Å². The summed E-state index contributed by atoms with van der Waals surface area (Å²) in [5.74, 6) is 1.63. The average Bonchev–Trinajstić information content (AvgIpc) is 3.50. The number of hydrogen-bond donors (Lipinski definition) is 0. The summed E-state index contributed by atoms with van der Waals surface area (Å²) in [5, 5.41) is 7.07. The molecule has 0 saturated carbocycles. The lowest BCUT2D eigenvalue weighted by molar-refractivity contribution is 0.567. The molecular weight excluding hydrogens is 598 g/mol. The van der Waals surface area contributed by atoms with Gasteiger partial charge >= 0.3 is 0 Å². The Labute approximate surface area is 229 Å². The predicted molar refractivity (Wildman–Crippen MR) is 160 cm³/mol. The quantitative estimate of drug-likeness (QED) is 0.182. The third-order valence-corrected chi connectivity index (χ3v) is 12.3. The summed E-state index contributed by atoms with van der Waals surface area (Å²) in [7, 11) is 0. The summed E-state index contributed by atoms with van der Waals surface area (Å²) < 4.78 is 11.7. The first kappa shape index (κ1) is 23.6. The van der Waals surface area contributed by atoms with E-state index >= 15 is 0 Å². The molecule has 0 saturated heterocycles. The van der Waals surface area contributed by atoms with E-state index in [4.69, 9.17) is 26.3 Å². The first-order chi connectivity index (χ1) is 17.3. The minimum atomic E-state index is -2.64. The fraction of sp³-hybridized carbons (Fsp3) is 0.143. The molecule has 6 rings (SSSR count). The number of furan rings is 1. The second kappa shape index (κ2) is 8.68. The number of aromatic nitrogens is 3. The van der Waals surface area contributed by atoms with E-state index in [1.165, 1.54) is 3.57 Å². The van der Waals surface area contributed by atoms with Crippen LogP contribution in [0.2, 0.25) is 0 Å². The maximum absolute atomic E-state index is 6.78. The highest BCUT2D eigenvalue weighted by Crippen LogP contribution is 2.51. The number of para-hydroxylation sites is 1. The van der Waals surface area contributed by atoms with Gasteiger partial charge in [0.15, 0.2) is 5.82 Å². The summed E-state index contributed by atoms with van der Waals surface area (Å²) >= 11 is 9.12. The van der Waals surface area contributed by atoms with Crippen molar-refractivity contribution in [3.63, 3.8) is 0 Å². The molecule has 0 amide bonds. The molecule has 2 aromatic carbocycles. The number of benzene rings is 2. The van der Waals surface area contributed by atoms with Crippen molar-refractivity contribution in [3.05, 3.63) is 98.7 Å². The number of aliphatic imine (C=N–C) groups is 1. The molecule has 3 aromatic heterocycles. The van der Waals surface area contributed by atoms with Crippen LogP contribution < -0.4 is 16.1 Å². The van der Waals surface area contributed by atoms with Gasteiger partial charge in [0.25, 0.3) is 0 Å². The molecule has 0 fully saturated rings. The molecule has 1 aliphatic rings. The Balaban J connectivity index is 1.71. The van der Waals surface area contributed by atoms with Gasteiger partial charge in [-0.25, -0.2) is 9.67 Å².